The zero-order valence-electron chi connectivity index (χ0n) is 10.5. The summed E-state index contributed by atoms with van der Waals surface area (Å²) in [6.45, 7) is 8.07. The molecule has 1 N–H and O–H groups in total. The summed E-state index contributed by atoms with van der Waals surface area (Å²) in [7, 11) is 0. The van der Waals surface area contributed by atoms with Gasteiger partial charge < -0.3 is 5.11 Å². The van der Waals surface area contributed by atoms with Crippen molar-refractivity contribution in [2.75, 3.05) is 0 Å². The van der Waals surface area contributed by atoms with Crippen molar-refractivity contribution in [2.24, 2.45) is 5.41 Å². The molecule has 1 unspecified atom stereocenters. The second-order valence-corrected chi connectivity index (χ2v) is 7.41. The van der Waals surface area contributed by atoms with E-state index in [2.05, 4.69) is 48.8 Å². The molecule has 0 fully saturated rings. The summed E-state index contributed by atoms with van der Waals surface area (Å²) in [5.74, 6) is 0. The lowest BCUT2D eigenvalue weighted by atomic mass is 9.77. The van der Waals surface area contributed by atoms with Gasteiger partial charge in [-0.05, 0) is 34.3 Å². The van der Waals surface area contributed by atoms with Crippen LogP contribution in [-0.4, -0.2) is 5.11 Å². The van der Waals surface area contributed by atoms with Crippen LogP contribution in [0.4, 0.5) is 0 Å². The highest BCUT2D eigenvalue weighted by Crippen LogP contribution is 2.48. The zero-order chi connectivity index (χ0) is 12.8. The minimum atomic E-state index is -0.838. The van der Waals surface area contributed by atoms with Crippen molar-refractivity contribution in [1.29, 1.82) is 0 Å². The van der Waals surface area contributed by atoms with Crippen LogP contribution >= 0.6 is 27.3 Å². The van der Waals surface area contributed by atoms with Gasteiger partial charge in [0.25, 0.3) is 0 Å². The molecule has 1 atom stereocenters. The van der Waals surface area contributed by atoms with Crippen molar-refractivity contribution in [3.05, 3.63) is 33.6 Å². The summed E-state index contributed by atoms with van der Waals surface area (Å²) in [6, 6.07) is 8.22. The van der Waals surface area contributed by atoms with Gasteiger partial charge in [0.2, 0.25) is 0 Å². The second-order valence-electron chi connectivity index (χ2n) is 5.56. The van der Waals surface area contributed by atoms with Crippen LogP contribution < -0.4 is 0 Å². The van der Waals surface area contributed by atoms with Crippen molar-refractivity contribution < 1.29 is 5.11 Å². The molecular weight excluding hydrogens is 296 g/mol. The summed E-state index contributed by atoms with van der Waals surface area (Å²) in [6.07, 6.45) is 0. The van der Waals surface area contributed by atoms with E-state index >= 15 is 0 Å². The molecule has 0 amide bonds. The molecule has 0 spiro atoms. The second kappa shape index (κ2) is 4.08. The molecule has 0 saturated heterocycles. The number of hydrogen-bond donors (Lipinski definition) is 1. The Morgan fingerprint density at radius 2 is 1.71 bits per heavy atom. The van der Waals surface area contributed by atoms with Crippen LogP contribution in [0.2, 0.25) is 0 Å². The molecule has 1 aromatic carbocycles. The highest BCUT2D eigenvalue weighted by Gasteiger charge is 2.40. The molecule has 0 aliphatic rings. The van der Waals surface area contributed by atoms with Crippen molar-refractivity contribution in [3.63, 3.8) is 0 Å². The summed E-state index contributed by atoms with van der Waals surface area (Å²) < 4.78 is 2.23. The van der Waals surface area contributed by atoms with Crippen LogP contribution in [0.1, 0.15) is 32.6 Å². The lowest BCUT2D eigenvalue weighted by Gasteiger charge is -2.36. The Labute approximate surface area is 115 Å². The van der Waals surface area contributed by atoms with Gasteiger partial charge >= 0.3 is 0 Å². The van der Waals surface area contributed by atoms with Gasteiger partial charge in [0.05, 0.1) is 4.88 Å². The zero-order valence-corrected chi connectivity index (χ0v) is 12.9. The third-order valence-corrected chi connectivity index (χ3v) is 5.91. The van der Waals surface area contributed by atoms with Crippen molar-refractivity contribution >= 4 is 37.4 Å². The molecule has 2 rings (SSSR count). The fraction of sp³-hybridized carbons (Fsp3) is 0.429. The minimum Gasteiger partial charge on any atom is -0.384 e. The first kappa shape index (κ1) is 13.1. The predicted octanol–water partition coefficient (Wildman–Crippen LogP) is 4.92. The van der Waals surface area contributed by atoms with Crippen LogP contribution in [0.25, 0.3) is 10.1 Å². The van der Waals surface area contributed by atoms with E-state index in [1.54, 1.807) is 11.3 Å². The molecule has 1 aromatic heterocycles. The van der Waals surface area contributed by atoms with E-state index in [1.165, 1.54) is 10.1 Å². The smallest absolute Gasteiger partial charge is 0.102 e. The van der Waals surface area contributed by atoms with E-state index in [4.69, 9.17) is 0 Å². The molecule has 1 nitrogen and oxygen atoms in total. The molecule has 0 aliphatic carbocycles. The molecule has 0 radical (unpaired) electrons. The first-order valence-electron chi connectivity index (χ1n) is 5.65. The van der Waals surface area contributed by atoms with E-state index in [0.29, 0.717) is 0 Å². The number of halogens is 1. The number of rotatable bonds is 1. The maximum absolute atomic E-state index is 10.8. The highest BCUT2D eigenvalue weighted by atomic mass is 79.9. The van der Waals surface area contributed by atoms with Crippen LogP contribution in [0.5, 0.6) is 0 Å². The number of thiophene rings is 1. The van der Waals surface area contributed by atoms with E-state index in [0.717, 1.165) is 9.35 Å². The lowest BCUT2D eigenvalue weighted by Crippen LogP contribution is -2.36. The van der Waals surface area contributed by atoms with E-state index in [9.17, 15) is 5.11 Å². The topological polar surface area (TPSA) is 20.2 Å². The van der Waals surface area contributed by atoms with Gasteiger partial charge in [0.15, 0.2) is 0 Å². The van der Waals surface area contributed by atoms with E-state index < -0.39 is 5.60 Å². The Hall–Kier alpha value is -0.380. The molecule has 17 heavy (non-hydrogen) atoms. The van der Waals surface area contributed by atoms with Gasteiger partial charge in [-0.1, -0.05) is 39.0 Å². The summed E-state index contributed by atoms with van der Waals surface area (Å²) >= 11 is 5.29. The molecule has 0 aliphatic heterocycles. The molecule has 0 saturated carbocycles. The number of benzene rings is 1. The molecule has 2 aromatic rings. The van der Waals surface area contributed by atoms with Gasteiger partial charge in [0.1, 0.15) is 5.60 Å². The van der Waals surface area contributed by atoms with Crippen LogP contribution in [-0.2, 0) is 5.60 Å². The summed E-state index contributed by atoms with van der Waals surface area (Å²) in [4.78, 5) is 1.01. The molecule has 1 heterocycles. The largest absolute Gasteiger partial charge is 0.384 e. The van der Waals surface area contributed by atoms with Crippen LogP contribution in [0.3, 0.4) is 0 Å². The maximum atomic E-state index is 10.8. The predicted molar refractivity (Wildman–Crippen MR) is 78.6 cm³/mol. The van der Waals surface area contributed by atoms with Gasteiger partial charge in [0, 0.05) is 14.6 Å². The monoisotopic (exact) mass is 312 g/mol. The standard InChI is InChI=1S/C14H17BrOS/c1-13(2,3)14(4,16)12-11(15)9-7-5-6-8-10(9)17-12/h5-8,16H,1-4H3. The molecule has 92 valence electrons. The Kier molecular flexibility index (Phi) is 3.13. The third kappa shape index (κ3) is 2.05. The highest BCUT2D eigenvalue weighted by molar-refractivity contribution is 9.10. The Bertz CT molecular complexity index is 549. The number of fused-ring (bicyclic) bond motifs is 1. The fourth-order valence-corrected chi connectivity index (χ4v) is 4.12. The van der Waals surface area contributed by atoms with Crippen LogP contribution in [0, 0.1) is 5.41 Å². The van der Waals surface area contributed by atoms with Crippen molar-refractivity contribution in [3.8, 4) is 0 Å². The van der Waals surface area contributed by atoms with E-state index in [1.807, 2.05) is 19.1 Å². The van der Waals surface area contributed by atoms with Gasteiger partial charge in [-0.25, -0.2) is 0 Å². The van der Waals surface area contributed by atoms with Gasteiger partial charge in [-0.15, -0.1) is 11.3 Å². The van der Waals surface area contributed by atoms with Gasteiger partial charge in [-0.3, -0.25) is 0 Å². The first-order chi connectivity index (χ1) is 7.75. The summed E-state index contributed by atoms with van der Waals surface area (Å²) in [5, 5.41) is 12.0. The minimum absolute atomic E-state index is 0.198. The Morgan fingerprint density at radius 3 is 2.24 bits per heavy atom. The Balaban J connectivity index is 2.68. The number of aliphatic hydroxyl groups is 1. The van der Waals surface area contributed by atoms with Gasteiger partial charge in [-0.2, -0.15) is 0 Å². The van der Waals surface area contributed by atoms with Crippen LogP contribution in [0.15, 0.2) is 28.7 Å². The Morgan fingerprint density at radius 1 is 1.12 bits per heavy atom. The average molecular weight is 313 g/mol. The number of hydrogen-bond acceptors (Lipinski definition) is 2. The molecular formula is C14H17BrOS. The SMILES string of the molecule is CC(C)(C)C(C)(O)c1sc2ccccc2c1Br. The summed E-state index contributed by atoms with van der Waals surface area (Å²) in [5.41, 5.74) is -1.04. The molecule has 3 heteroatoms. The fourth-order valence-electron chi connectivity index (χ4n) is 1.67. The average Bonchev–Trinajstić information content (AvgIpc) is 2.56. The molecule has 0 bridgehead atoms. The van der Waals surface area contributed by atoms with Crippen molar-refractivity contribution in [2.45, 2.75) is 33.3 Å². The maximum Gasteiger partial charge on any atom is 0.102 e. The third-order valence-electron chi connectivity index (χ3n) is 3.44. The lowest BCUT2D eigenvalue weighted by molar-refractivity contribution is -0.0443. The quantitative estimate of drug-likeness (QED) is 0.792. The first-order valence-corrected chi connectivity index (χ1v) is 7.26. The van der Waals surface area contributed by atoms with E-state index in [-0.39, 0.29) is 5.41 Å². The normalized spacial score (nSPS) is 16.1. The van der Waals surface area contributed by atoms with Crippen molar-refractivity contribution in [1.82, 2.24) is 0 Å².